The van der Waals surface area contributed by atoms with Gasteiger partial charge in [0, 0.05) is 6.92 Å². The van der Waals surface area contributed by atoms with Gasteiger partial charge in [0.2, 0.25) is 0 Å². The molecule has 0 aliphatic carbocycles. The molecule has 0 amide bonds. The summed E-state index contributed by atoms with van der Waals surface area (Å²) in [4.78, 5) is 9.00. The molecule has 3 N–H and O–H groups in total. The Balaban J connectivity index is -0.0000000450. The van der Waals surface area contributed by atoms with Crippen molar-refractivity contribution < 1.29 is 15.4 Å². The summed E-state index contributed by atoms with van der Waals surface area (Å²) in [6.45, 7) is 1.08. The molecule has 0 rings (SSSR count). The predicted molar refractivity (Wildman–Crippen MR) is 26.9 cm³/mol. The van der Waals surface area contributed by atoms with E-state index in [0.29, 0.717) is 0 Å². The molecule has 4 heteroatoms. The molecule has 0 aromatic rings. The number of carboxylic acid groups (broad SMARTS) is 1. The molecule has 3 nitrogen and oxygen atoms in total. The van der Waals surface area contributed by atoms with E-state index in [0.717, 1.165) is 6.92 Å². The van der Waals surface area contributed by atoms with Crippen LogP contribution < -0.4 is 0 Å². The van der Waals surface area contributed by atoms with Gasteiger partial charge in [-0.15, -0.1) is 0 Å². The molecule has 0 aromatic carbocycles. The van der Waals surface area contributed by atoms with E-state index in [1.165, 1.54) is 0 Å². The average Bonchev–Trinajstić information content (AvgIpc) is 0.811. The van der Waals surface area contributed by atoms with E-state index in [-0.39, 0.29) is 31.7 Å². The second-order valence-electron chi connectivity index (χ2n) is 0.519. The molecule has 6 heavy (non-hydrogen) atoms. The molecule has 0 atom stereocenters. The molecule has 0 heterocycles. The van der Waals surface area contributed by atoms with Crippen LogP contribution in [0, 0.1) is 0 Å². The number of rotatable bonds is 0. The molecule has 0 saturated heterocycles. The molecule has 0 unspecified atom stereocenters. The van der Waals surface area contributed by atoms with Crippen molar-refractivity contribution in [3.05, 3.63) is 0 Å². The van der Waals surface area contributed by atoms with Crippen LogP contribution in [0.15, 0.2) is 0 Å². The minimum atomic E-state index is -0.833. The second-order valence-corrected chi connectivity index (χ2v) is 0.519. The van der Waals surface area contributed by atoms with E-state index in [9.17, 15) is 0 Å². The number of carboxylic acids is 1. The van der Waals surface area contributed by atoms with Crippen LogP contribution in [-0.4, -0.2) is 42.8 Å². The van der Waals surface area contributed by atoms with Gasteiger partial charge in [-0.05, 0) is 0 Å². The SMILES string of the molecule is CC(=O)O.O.[BiH3]. The molecule has 0 radical (unpaired) electrons. The van der Waals surface area contributed by atoms with Crippen molar-refractivity contribution in [2.24, 2.45) is 0 Å². The van der Waals surface area contributed by atoms with Gasteiger partial charge < -0.3 is 10.6 Å². The molecular formula is C2H9BiO3. The van der Waals surface area contributed by atoms with Gasteiger partial charge in [0.05, 0.1) is 0 Å². The topological polar surface area (TPSA) is 68.8 Å². The summed E-state index contributed by atoms with van der Waals surface area (Å²) in [6.07, 6.45) is 0. The van der Waals surface area contributed by atoms with Gasteiger partial charge in [0.25, 0.3) is 5.97 Å². The summed E-state index contributed by atoms with van der Waals surface area (Å²) >= 11 is 0. The van der Waals surface area contributed by atoms with Crippen LogP contribution in [0.4, 0.5) is 0 Å². The van der Waals surface area contributed by atoms with Gasteiger partial charge in [-0.1, -0.05) is 0 Å². The van der Waals surface area contributed by atoms with Crippen molar-refractivity contribution in [2.75, 3.05) is 0 Å². The first-order valence-electron chi connectivity index (χ1n) is 0.928. The average molecular weight is 290 g/mol. The Hall–Kier alpha value is 0.313. The summed E-state index contributed by atoms with van der Waals surface area (Å²) in [7, 11) is 0. The third-order valence-electron chi connectivity index (χ3n) is 0. The number of aliphatic carboxylic acids is 1. The summed E-state index contributed by atoms with van der Waals surface area (Å²) in [5, 5.41) is 7.42. The molecule has 0 aliphatic rings. The second kappa shape index (κ2) is 9.00. The normalized spacial score (nSPS) is 4.17. The molecular weight excluding hydrogens is 281 g/mol. The fraction of sp³-hybridized carbons (Fsp3) is 0.500. The first-order valence-corrected chi connectivity index (χ1v) is 0.928. The van der Waals surface area contributed by atoms with E-state index in [4.69, 9.17) is 9.90 Å². The van der Waals surface area contributed by atoms with Gasteiger partial charge in [0.15, 0.2) is 0 Å². The summed E-state index contributed by atoms with van der Waals surface area (Å²) < 4.78 is 0. The van der Waals surface area contributed by atoms with E-state index < -0.39 is 5.97 Å². The van der Waals surface area contributed by atoms with Gasteiger partial charge in [-0.25, -0.2) is 0 Å². The number of hydrogen-bond acceptors (Lipinski definition) is 1. The van der Waals surface area contributed by atoms with Crippen molar-refractivity contribution in [1.82, 2.24) is 0 Å². The third kappa shape index (κ3) is 483. The van der Waals surface area contributed by atoms with Gasteiger partial charge >= 0.3 is 26.2 Å². The molecule has 0 saturated carbocycles. The molecule has 40 valence electrons. The van der Waals surface area contributed by atoms with Crippen LogP contribution in [0.5, 0.6) is 0 Å². The Labute approximate surface area is 54.8 Å². The van der Waals surface area contributed by atoms with Crippen LogP contribution in [0.3, 0.4) is 0 Å². The number of hydrogen-bond donors (Lipinski definition) is 1. The quantitative estimate of drug-likeness (QED) is 0.529. The first kappa shape index (κ1) is 16.2. The Morgan fingerprint density at radius 2 is 1.67 bits per heavy atom. The monoisotopic (exact) mass is 290 g/mol. The number of carbonyl (C=O) groups is 1. The van der Waals surface area contributed by atoms with Crippen molar-refractivity contribution in [2.45, 2.75) is 6.92 Å². The van der Waals surface area contributed by atoms with Crippen molar-refractivity contribution >= 4 is 32.2 Å². The van der Waals surface area contributed by atoms with Crippen molar-refractivity contribution in [3.63, 3.8) is 0 Å². The van der Waals surface area contributed by atoms with E-state index in [2.05, 4.69) is 0 Å². The molecule has 0 fully saturated rings. The fourth-order valence-electron chi connectivity index (χ4n) is 0. The van der Waals surface area contributed by atoms with E-state index in [1.54, 1.807) is 0 Å². The summed E-state index contributed by atoms with van der Waals surface area (Å²) in [5.74, 6) is -0.833. The first-order chi connectivity index (χ1) is 1.73. The van der Waals surface area contributed by atoms with E-state index in [1.807, 2.05) is 0 Å². The van der Waals surface area contributed by atoms with Crippen molar-refractivity contribution in [1.29, 1.82) is 0 Å². The standard InChI is InChI=1S/C2H4O2.Bi.H2O.3H/c1-2(3)4;;;;;/h1H3,(H,3,4);;1H2;;;. The van der Waals surface area contributed by atoms with Crippen LogP contribution in [0.1, 0.15) is 6.92 Å². The zero-order chi connectivity index (χ0) is 3.58. The van der Waals surface area contributed by atoms with Gasteiger partial charge in [0.1, 0.15) is 0 Å². The Kier molecular flexibility index (Phi) is 24.4. The Morgan fingerprint density at radius 1 is 1.67 bits per heavy atom. The minimum absolute atomic E-state index is 0. The summed E-state index contributed by atoms with van der Waals surface area (Å²) in [5.41, 5.74) is 0. The predicted octanol–water partition coefficient (Wildman–Crippen LogP) is -1.92. The maximum atomic E-state index is 9.00. The zero-order valence-electron chi connectivity index (χ0n) is 3.56. The Morgan fingerprint density at radius 3 is 1.67 bits per heavy atom. The van der Waals surface area contributed by atoms with Gasteiger partial charge in [-0.2, -0.15) is 0 Å². The van der Waals surface area contributed by atoms with Crippen LogP contribution >= 0.6 is 0 Å². The van der Waals surface area contributed by atoms with Gasteiger partial charge in [-0.3, -0.25) is 4.79 Å². The third-order valence-corrected chi connectivity index (χ3v) is 0. The van der Waals surface area contributed by atoms with Crippen LogP contribution in [0.25, 0.3) is 0 Å². The Bertz CT molecular complexity index is 31.8. The van der Waals surface area contributed by atoms with Crippen molar-refractivity contribution in [3.8, 4) is 0 Å². The van der Waals surface area contributed by atoms with Crippen LogP contribution in [0.2, 0.25) is 0 Å². The maximum absolute atomic E-state index is 9.00. The fourth-order valence-corrected chi connectivity index (χ4v) is 0. The van der Waals surface area contributed by atoms with Crippen LogP contribution in [-0.2, 0) is 4.79 Å². The summed E-state index contributed by atoms with van der Waals surface area (Å²) in [6, 6.07) is 0. The molecule has 0 aliphatic heterocycles. The molecule has 0 bridgehead atoms. The molecule has 0 aromatic heterocycles. The zero-order valence-corrected chi connectivity index (χ0v) is 9.06. The molecule has 0 spiro atoms. The van der Waals surface area contributed by atoms with E-state index >= 15 is 0 Å².